The summed E-state index contributed by atoms with van der Waals surface area (Å²) in [5.41, 5.74) is 0. The molecule has 1 N–H and O–H groups in total. The number of nitrogens with one attached hydrogen (secondary N) is 1. The van der Waals surface area contributed by atoms with E-state index < -0.39 is 0 Å². The van der Waals surface area contributed by atoms with Crippen molar-refractivity contribution in [2.24, 2.45) is 0 Å². The molecule has 1 fully saturated rings. The van der Waals surface area contributed by atoms with Gasteiger partial charge in [0.15, 0.2) is 0 Å². The highest BCUT2D eigenvalue weighted by Gasteiger charge is 2.17. The number of morpholine rings is 1. The number of rotatable bonds is 5. The molecule has 0 radical (unpaired) electrons. The molecular formula is C11H24N2O. The van der Waals surface area contributed by atoms with Gasteiger partial charge in [-0.25, -0.2) is 0 Å². The molecule has 0 bridgehead atoms. The standard InChI is InChI=1S/C11H24N2O/c1-4-10(5-2)12-8-11-9-13(3)6-7-14-11/h10-12H,4-9H2,1-3H3/t11-/m0/s1. The first-order valence-corrected chi connectivity index (χ1v) is 5.79. The third-order valence-electron chi connectivity index (χ3n) is 2.96. The molecule has 0 aromatic heterocycles. The van der Waals surface area contributed by atoms with Crippen LogP contribution in [0.3, 0.4) is 0 Å². The van der Waals surface area contributed by atoms with Gasteiger partial charge >= 0.3 is 0 Å². The molecule has 0 aromatic carbocycles. The molecule has 0 aromatic rings. The Kier molecular flexibility index (Phi) is 5.45. The molecule has 14 heavy (non-hydrogen) atoms. The Morgan fingerprint density at radius 3 is 2.71 bits per heavy atom. The molecule has 0 spiro atoms. The van der Waals surface area contributed by atoms with E-state index in [0.717, 1.165) is 26.2 Å². The van der Waals surface area contributed by atoms with Gasteiger partial charge in [-0.05, 0) is 19.9 Å². The van der Waals surface area contributed by atoms with Crippen LogP contribution in [0, 0.1) is 0 Å². The number of ether oxygens (including phenoxy) is 1. The fourth-order valence-corrected chi connectivity index (χ4v) is 1.87. The molecule has 1 aliphatic heterocycles. The van der Waals surface area contributed by atoms with E-state index in [1.54, 1.807) is 0 Å². The first kappa shape index (κ1) is 12.0. The van der Waals surface area contributed by atoms with Gasteiger partial charge < -0.3 is 15.0 Å². The fraction of sp³-hybridized carbons (Fsp3) is 1.00. The number of nitrogens with zero attached hydrogens (tertiary/aromatic N) is 1. The summed E-state index contributed by atoms with van der Waals surface area (Å²) in [7, 11) is 2.16. The van der Waals surface area contributed by atoms with Gasteiger partial charge in [0.2, 0.25) is 0 Å². The Labute approximate surface area is 87.8 Å². The largest absolute Gasteiger partial charge is 0.374 e. The zero-order chi connectivity index (χ0) is 10.4. The summed E-state index contributed by atoms with van der Waals surface area (Å²) >= 11 is 0. The number of hydrogen-bond donors (Lipinski definition) is 1. The molecule has 3 nitrogen and oxygen atoms in total. The molecule has 0 saturated carbocycles. The number of likely N-dealkylation sites (N-methyl/N-ethyl adjacent to an activating group) is 1. The Morgan fingerprint density at radius 2 is 2.14 bits per heavy atom. The van der Waals surface area contributed by atoms with Gasteiger partial charge in [0, 0.05) is 25.7 Å². The molecule has 0 amide bonds. The zero-order valence-electron chi connectivity index (χ0n) is 9.75. The van der Waals surface area contributed by atoms with Crippen LogP contribution >= 0.6 is 0 Å². The average molecular weight is 200 g/mol. The maximum Gasteiger partial charge on any atom is 0.0826 e. The maximum atomic E-state index is 5.68. The van der Waals surface area contributed by atoms with Gasteiger partial charge in [-0.2, -0.15) is 0 Å². The average Bonchev–Trinajstić information content (AvgIpc) is 2.19. The number of hydrogen-bond acceptors (Lipinski definition) is 3. The predicted octanol–water partition coefficient (Wildman–Crippen LogP) is 1.10. The Hall–Kier alpha value is -0.120. The summed E-state index contributed by atoms with van der Waals surface area (Å²) in [6, 6.07) is 0.658. The normalized spacial score (nSPS) is 24.4. The minimum atomic E-state index is 0.384. The quantitative estimate of drug-likeness (QED) is 0.719. The molecule has 1 aliphatic rings. The van der Waals surface area contributed by atoms with Crippen molar-refractivity contribution in [2.45, 2.75) is 38.8 Å². The predicted molar refractivity (Wildman–Crippen MR) is 59.6 cm³/mol. The zero-order valence-corrected chi connectivity index (χ0v) is 9.75. The lowest BCUT2D eigenvalue weighted by Crippen LogP contribution is -2.46. The fourth-order valence-electron chi connectivity index (χ4n) is 1.87. The van der Waals surface area contributed by atoms with Crippen LogP contribution < -0.4 is 5.32 Å². The monoisotopic (exact) mass is 200 g/mol. The third-order valence-corrected chi connectivity index (χ3v) is 2.96. The lowest BCUT2D eigenvalue weighted by Gasteiger charge is -2.31. The van der Waals surface area contributed by atoms with E-state index in [0.29, 0.717) is 12.1 Å². The van der Waals surface area contributed by atoms with Crippen LogP contribution in [-0.4, -0.2) is 50.3 Å². The molecule has 0 unspecified atom stereocenters. The van der Waals surface area contributed by atoms with Crippen LogP contribution in [0.5, 0.6) is 0 Å². The second-order valence-corrected chi connectivity index (χ2v) is 4.18. The van der Waals surface area contributed by atoms with Gasteiger partial charge in [-0.3, -0.25) is 0 Å². The van der Waals surface area contributed by atoms with Crippen molar-refractivity contribution >= 4 is 0 Å². The van der Waals surface area contributed by atoms with E-state index >= 15 is 0 Å². The van der Waals surface area contributed by atoms with Crippen LogP contribution in [0.4, 0.5) is 0 Å². The Balaban J connectivity index is 2.16. The van der Waals surface area contributed by atoms with Crippen molar-refractivity contribution in [3.05, 3.63) is 0 Å². The van der Waals surface area contributed by atoms with Crippen LogP contribution in [-0.2, 0) is 4.74 Å². The second kappa shape index (κ2) is 6.38. The Morgan fingerprint density at radius 1 is 1.43 bits per heavy atom. The third kappa shape index (κ3) is 3.95. The minimum absolute atomic E-state index is 0.384. The van der Waals surface area contributed by atoms with E-state index in [2.05, 4.69) is 31.1 Å². The molecule has 1 atom stereocenters. The lowest BCUT2D eigenvalue weighted by atomic mass is 10.1. The summed E-state index contributed by atoms with van der Waals surface area (Å²) in [5.74, 6) is 0. The minimum Gasteiger partial charge on any atom is -0.374 e. The van der Waals surface area contributed by atoms with Crippen molar-refractivity contribution in [1.82, 2.24) is 10.2 Å². The van der Waals surface area contributed by atoms with Crippen LogP contribution in [0.15, 0.2) is 0 Å². The van der Waals surface area contributed by atoms with Gasteiger partial charge in [0.25, 0.3) is 0 Å². The molecule has 1 saturated heterocycles. The highest BCUT2D eigenvalue weighted by Crippen LogP contribution is 2.03. The van der Waals surface area contributed by atoms with Crippen molar-refractivity contribution < 1.29 is 4.74 Å². The topological polar surface area (TPSA) is 24.5 Å². The Bertz CT molecular complexity index is 148. The van der Waals surface area contributed by atoms with Crippen LogP contribution in [0.25, 0.3) is 0 Å². The molecule has 1 rings (SSSR count). The molecule has 84 valence electrons. The highest BCUT2D eigenvalue weighted by atomic mass is 16.5. The van der Waals surface area contributed by atoms with E-state index in [1.165, 1.54) is 12.8 Å². The summed E-state index contributed by atoms with van der Waals surface area (Å²) < 4.78 is 5.68. The van der Waals surface area contributed by atoms with Crippen molar-refractivity contribution in [2.75, 3.05) is 33.3 Å². The van der Waals surface area contributed by atoms with E-state index in [-0.39, 0.29) is 0 Å². The van der Waals surface area contributed by atoms with E-state index in [9.17, 15) is 0 Å². The molecule has 1 heterocycles. The first-order chi connectivity index (χ1) is 6.76. The first-order valence-electron chi connectivity index (χ1n) is 5.79. The lowest BCUT2D eigenvalue weighted by molar-refractivity contribution is -0.0193. The summed E-state index contributed by atoms with van der Waals surface area (Å²) in [6.07, 6.45) is 2.80. The highest BCUT2D eigenvalue weighted by molar-refractivity contribution is 4.73. The molecule has 0 aliphatic carbocycles. The SMILES string of the molecule is CCC(CC)NC[C@H]1CN(C)CCO1. The molecular weight excluding hydrogens is 176 g/mol. The van der Waals surface area contributed by atoms with Gasteiger partial charge in [-0.1, -0.05) is 13.8 Å². The van der Waals surface area contributed by atoms with Gasteiger partial charge in [-0.15, -0.1) is 0 Å². The van der Waals surface area contributed by atoms with Crippen molar-refractivity contribution in [3.8, 4) is 0 Å². The maximum absolute atomic E-state index is 5.68. The summed E-state index contributed by atoms with van der Waals surface area (Å²) in [6.45, 7) is 8.47. The second-order valence-electron chi connectivity index (χ2n) is 4.18. The van der Waals surface area contributed by atoms with Crippen molar-refractivity contribution in [3.63, 3.8) is 0 Å². The molecule has 3 heteroatoms. The van der Waals surface area contributed by atoms with Crippen LogP contribution in [0.1, 0.15) is 26.7 Å². The van der Waals surface area contributed by atoms with E-state index in [4.69, 9.17) is 4.74 Å². The van der Waals surface area contributed by atoms with Crippen LogP contribution in [0.2, 0.25) is 0 Å². The summed E-state index contributed by atoms with van der Waals surface area (Å²) in [4.78, 5) is 2.34. The smallest absolute Gasteiger partial charge is 0.0826 e. The summed E-state index contributed by atoms with van der Waals surface area (Å²) in [5, 5.41) is 3.56. The van der Waals surface area contributed by atoms with Gasteiger partial charge in [0.05, 0.1) is 12.7 Å². The van der Waals surface area contributed by atoms with E-state index in [1.807, 2.05) is 0 Å². The van der Waals surface area contributed by atoms with Crippen molar-refractivity contribution in [1.29, 1.82) is 0 Å². The van der Waals surface area contributed by atoms with Gasteiger partial charge in [0.1, 0.15) is 0 Å².